The number of benzene rings is 1. The van der Waals surface area contributed by atoms with Crippen molar-refractivity contribution in [1.29, 1.82) is 0 Å². The van der Waals surface area contributed by atoms with Crippen molar-refractivity contribution >= 4 is 28.0 Å². The molecule has 17 heavy (non-hydrogen) atoms. The molecule has 86 valence electrons. The molecule has 0 fully saturated rings. The third-order valence-corrected chi connectivity index (χ3v) is 2.78. The molecule has 3 N–H and O–H groups in total. The van der Waals surface area contributed by atoms with Crippen LogP contribution in [-0.4, -0.2) is 16.4 Å². The molecule has 2 aromatic rings. The molecule has 0 amide bonds. The number of nitrogens with two attached hydrogens (primary N) is 1. The Kier molecular flexibility index (Phi) is 3.10. The van der Waals surface area contributed by atoms with E-state index in [0.717, 1.165) is 10.0 Å². The zero-order chi connectivity index (χ0) is 12.4. The van der Waals surface area contributed by atoms with E-state index >= 15 is 0 Å². The zero-order valence-corrected chi connectivity index (χ0v) is 10.3. The number of halogens is 1. The minimum absolute atomic E-state index is 0.0507. The normalized spacial score (nSPS) is 10.2. The number of phenols is 1. The van der Waals surface area contributed by atoms with E-state index in [4.69, 9.17) is 5.73 Å². The van der Waals surface area contributed by atoms with Gasteiger partial charge in [-0.3, -0.25) is 4.79 Å². The number of pyridine rings is 1. The smallest absolute Gasteiger partial charge is 0.153 e. The Bertz CT molecular complexity index is 585. The molecule has 5 heteroatoms. The number of aromatic hydroxyl groups is 1. The standard InChI is InChI=1S/C12H9BrN2O2/c13-9-4-10(12(14)15-5-9)7-1-2-11(17)8(3-7)6-16/h1-6,17H,(H2,14,15). The van der Waals surface area contributed by atoms with Crippen LogP contribution < -0.4 is 5.73 Å². The maximum absolute atomic E-state index is 10.7. The maximum Gasteiger partial charge on any atom is 0.153 e. The van der Waals surface area contributed by atoms with Gasteiger partial charge in [0.05, 0.1) is 5.56 Å². The minimum Gasteiger partial charge on any atom is -0.507 e. The van der Waals surface area contributed by atoms with E-state index in [2.05, 4.69) is 20.9 Å². The lowest BCUT2D eigenvalue weighted by Gasteiger charge is -2.07. The van der Waals surface area contributed by atoms with Crippen LogP contribution in [0.1, 0.15) is 10.4 Å². The second-order valence-corrected chi connectivity index (χ2v) is 4.39. The SMILES string of the molecule is Nc1ncc(Br)cc1-c1ccc(O)c(C=O)c1. The number of aromatic nitrogens is 1. The van der Waals surface area contributed by atoms with Crippen molar-refractivity contribution in [3.8, 4) is 16.9 Å². The van der Waals surface area contributed by atoms with E-state index in [-0.39, 0.29) is 11.3 Å². The van der Waals surface area contributed by atoms with E-state index in [1.807, 2.05) is 6.07 Å². The molecule has 0 aliphatic heterocycles. The number of hydrogen-bond acceptors (Lipinski definition) is 4. The Morgan fingerprint density at radius 3 is 2.82 bits per heavy atom. The summed E-state index contributed by atoms with van der Waals surface area (Å²) < 4.78 is 0.794. The molecule has 0 spiro atoms. The zero-order valence-electron chi connectivity index (χ0n) is 8.72. The van der Waals surface area contributed by atoms with Crippen LogP contribution in [0.4, 0.5) is 5.82 Å². The summed E-state index contributed by atoms with van der Waals surface area (Å²) in [4.78, 5) is 14.8. The fraction of sp³-hybridized carbons (Fsp3) is 0. The number of aldehydes is 1. The van der Waals surface area contributed by atoms with Crippen LogP contribution in [0.25, 0.3) is 11.1 Å². The molecule has 0 aliphatic rings. The van der Waals surface area contributed by atoms with Gasteiger partial charge in [-0.2, -0.15) is 0 Å². The third-order valence-electron chi connectivity index (χ3n) is 2.35. The topological polar surface area (TPSA) is 76.2 Å². The van der Waals surface area contributed by atoms with E-state index in [9.17, 15) is 9.90 Å². The Morgan fingerprint density at radius 1 is 1.35 bits per heavy atom. The summed E-state index contributed by atoms with van der Waals surface area (Å²) in [5.41, 5.74) is 7.44. The van der Waals surface area contributed by atoms with Crippen molar-refractivity contribution in [3.63, 3.8) is 0 Å². The first-order chi connectivity index (χ1) is 8.11. The van der Waals surface area contributed by atoms with Gasteiger partial charge in [-0.1, -0.05) is 6.07 Å². The number of hydrogen-bond donors (Lipinski definition) is 2. The van der Waals surface area contributed by atoms with Gasteiger partial charge in [0.15, 0.2) is 6.29 Å². The van der Waals surface area contributed by atoms with Crippen LogP contribution in [0.15, 0.2) is 34.9 Å². The molecule has 0 atom stereocenters. The first-order valence-corrected chi connectivity index (χ1v) is 5.60. The van der Waals surface area contributed by atoms with Gasteiger partial charge in [0.2, 0.25) is 0 Å². The van der Waals surface area contributed by atoms with E-state index < -0.39 is 0 Å². The molecule has 4 nitrogen and oxygen atoms in total. The van der Waals surface area contributed by atoms with E-state index in [1.54, 1.807) is 18.3 Å². The Hall–Kier alpha value is -1.88. The van der Waals surface area contributed by atoms with Gasteiger partial charge in [-0.15, -0.1) is 0 Å². The molecule has 1 aromatic carbocycles. The van der Waals surface area contributed by atoms with Crippen LogP contribution in [0.2, 0.25) is 0 Å². The van der Waals surface area contributed by atoms with Gasteiger partial charge < -0.3 is 10.8 Å². The van der Waals surface area contributed by atoms with Crippen molar-refractivity contribution in [2.75, 3.05) is 5.73 Å². The average molecular weight is 293 g/mol. The van der Waals surface area contributed by atoms with Crippen molar-refractivity contribution in [2.24, 2.45) is 0 Å². The highest BCUT2D eigenvalue weighted by Crippen LogP contribution is 2.29. The molecule has 0 unspecified atom stereocenters. The summed E-state index contributed by atoms with van der Waals surface area (Å²) in [6.45, 7) is 0. The maximum atomic E-state index is 10.7. The van der Waals surface area contributed by atoms with Gasteiger partial charge in [-0.25, -0.2) is 4.98 Å². The van der Waals surface area contributed by atoms with Crippen LogP contribution in [-0.2, 0) is 0 Å². The van der Waals surface area contributed by atoms with Crippen molar-refractivity contribution in [3.05, 3.63) is 40.5 Å². The Morgan fingerprint density at radius 2 is 2.12 bits per heavy atom. The highest BCUT2D eigenvalue weighted by atomic mass is 79.9. The van der Waals surface area contributed by atoms with Gasteiger partial charge >= 0.3 is 0 Å². The molecule has 1 heterocycles. The summed E-state index contributed by atoms with van der Waals surface area (Å²) in [5.74, 6) is 0.320. The lowest BCUT2D eigenvalue weighted by atomic mass is 10.0. The van der Waals surface area contributed by atoms with Gasteiger partial charge in [0, 0.05) is 16.2 Å². The third kappa shape index (κ3) is 2.29. The van der Waals surface area contributed by atoms with Crippen molar-refractivity contribution in [2.45, 2.75) is 0 Å². The van der Waals surface area contributed by atoms with Crippen molar-refractivity contribution in [1.82, 2.24) is 4.98 Å². The second kappa shape index (κ2) is 4.55. The Balaban J connectivity index is 2.60. The fourth-order valence-electron chi connectivity index (χ4n) is 1.50. The average Bonchev–Trinajstić information content (AvgIpc) is 2.33. The molecule has 2 rings (SSSR count). The molecular formula is C12H9BrN2O2. The Labute approximate surface area is 106 Å². The number of carbonyl (C=O) groups excluding carboxylic acids is 1. The molecule has 1 aromatic heterocycles. The van der Waals surface area contributed by atoms with Crippen LogP contribution in [0.5, 0.6) is 5.75 Å². The largest absolute Gasteiger partial charge is 0.507 e. The predicted octanol–water partition coefficient (Wildman–Crippen LogP) is 2.61. The number of nitrogen functional groups attached to an aromatic ring is 1. The quantitative estimate of drug-likeness (QED) is 0.834. The summed E-state index contributed by atoms with van der Waals surface area (Å²) in [6.07, 6.45) is 2.19. The second-order valence-electron chi connectivity index (χ2n) is 3.48. The number of phenolic OH excluding ortho intramolecular Hbond substituents is 1. The summed E-state index contributed by atoms with van der Waals surface area (Å²) in [7, 11) is 0. The highest BCUT2D eigenvalue weighted by Gasteiger charge is 2.08. The summed E-state index contributed by atoms with van der Waals surface area (Å²) >= 11 is 3.31. The fourth-order valence-corrected chi connectivity index (χ4v) is 1.83. The number of carbonyl (C=O) groups is 1. The van der Waals surface area contributed by atoms with Gasteiger partial charge in [0.25, 0.3) is 0 Å². The lowest BCUT2D eigenvalue weighted by Crippen LogP contribution is -1.94. The van der Waals surface area contributed by atoms with Crippen LogP contribution >= 0.6 is 15.9 Å². The summed E-state index contributed by atoms with van der Waals surface area (Å²) in [6, 6.07) is 6.52. The van der Waals surface area contributed by atoms with Gasteiger partial charge in [-0.05, 0) is 39.7 Å². The number of nitrogens with zero attached hydrogens (tertiary/aromatic N) is 1. The molecule has 0 bridgehead atoms. The first kappa shape index (κ1) is 11.6. The molecule has 0 radical (unpaired) electrons. The van der Waals surface area contributed by atoms with Crippen LogP contribution in [0, 0.1) is 0 Å². The lowest BCUT2D eigenvalue weighted by molar-refractivity contribution is 0.112. The minimum atomic E-state index is -0.0507. The molecule has 0 saturated heterocycles. The van der Waals surface area contributed by atoms with Crippen LogP contribution in [0.3, 0.4) is 0 Å². The first-order valence-electron chi connectivity index (χ1n) is 4.81. The molecular weight excluding hydrogens is 284 g/mol. The number of anilines is 1. The van der Waals surface area contributed by atoms with Gasteiger partial charge in [0.1, 0.15) is 11.6 Å². The van der Waals surface area contributed by atoms with E-state index in [0.29, 0.717) is 17.7 Å². The molecule has 0 saturated carbocycles. The highest BCUT2D eigenvalue weighted by molar-refractivity contribution is 9.10. The van der Waals surface area contributed by atoms with Crippen molar-refractivity contribution < 1.29 is 9.90 Å². The predicted molar refractivity (Wildman–Crippen MR) is 68.8 cm³/mol. The summed E-state index contributed by atoms with van der Waals surface area (Å²) in [5, 5.41) is 9.42. The monoisotopic (exact) mass is 292 g/mol. The number of rotatable bonds is 2. The molecule has 0 aliphatic carbocycles. The van der Waals surface area contributed by atoms with E-state index in [1.165, 1.54) is 6.07 Å².